The fourth-order valence-electron chi connectivity index (χ4n) is 2.32. The average molecular weight is 349 g/mol. The van der Waals surface area contributed by atoms with E-state index >= 15 is 0 Å². The predicted octanol–water partition coefficient (Wildman–Crippen LogP) is 4.02. The van der Waals surface area contributed by atoms with E-state index < -0.39 is 10.0 Å². The smallest absolute Gasteiger partial charge is 0.265 e. The quantitative estimate of drug-likeness (QED) is 0.820. The van der Waals surface area contributed by atoms with Gasteiger partial charge in [0.25, 0.3) is 10.0 Å². The summed E-state index contributed by atoms with van der Waals surface area (Å²) in [7, 11) is -0.811. The van der Waals surface area contributed by atoms with Crippen molar-refractivity contribution in [3.8, 4) is 11.5 Å². The maximum Gasteiger partial charge on any atom is 0.265 e. The average Bonchev–Trinajstić information content (AvgIpc) is 2.60. The highest BCUT2D eigenvalue weighted by Crippen LogP contribution is 2.30. The fourth-order valence-corrected chi connectivity index (χ4v) is 3.53. The molecular formula is C18H23NO4S. The van der Waals surface area contributed by atoms with Crippen molar-refractivity contribution in [3.05, 3.63) is 48.0 Å². The molecule has 2 rings (SSSR count). The summed E-state index contributed by atoms with van der Waals surface area (Å²) in [5, 5.41) is 0. The third kappa shape index (κ3) is 4.00. The monoisotopic (exact) mass is 349 g/mol. The Balaban J connectivity index is 2.28. The van der Waals surface area contributed by atoms with Gasteiger partial charge in [-0.05, 0) is 42.2 Å². The molecule has 0 heterocycles. The molecule has 0 spiro atoms. The first-order valence-corrected chi connectivity index (χ1v) is 9.24. The second-order valence-corrected chi connectivity index (χ2v) is 7.20. The molecule has 0 saturated carbocycles. The molecular weight excluding hydrogens is 326 g/mol. The number of anilines is 1. The van der Waals surface area contributed by atoms with Crippen molar-refractivity contribution in [2.45, 2.75) is 31.1 Å². The molecule has 2 aromatic carbocycles. The maximum absolute atomic E-state index is 12.6. The lowest BCUT2D eigenvalue weighted by molar-refractivity contribution is 0.386. The maximum atomic E-state index is 12.6. The highest BCUT2D eigenvalue weighted by molar-refractivity contribution is 7.92. The van der Waals surface area contributed by atoms with Gasteiger partial charge in [-0.1, -0.05) is 26.0 Å². The Hall–Kier alpha value is -2.21. The summed E-state index contributed by atoms with van der Waals surface area (Å²) < 4.78 is 38.1. The number of benzene rings is 2. The first-order valence-electron chi connectivity index (χ1n) is 7.76. The van der Waals surface area contributed by atoms with E-state index in [0.29, 0.717) is 17.4 Å². The number of hydrogen-bond donors (Lipinski definition) is 1. The summed E-state index contributed by atoms with van der Waals surface area (Å²) in [5.74, 6) is 1.21. The van der Waals surface area contributed by atoms with Gasteiger partial charge in [0.2, 0.25) is 0 Å². The zero-order valence-electron chi connectivity index (χ0n) is 14.4. The van der Waals surface area contributed by atoms with Gasteiger partial charge in [0.15, 0.2) is 0 Å². The molecule has 0 aliphatic carbocycles. The van der Waals surface area contributed by atoms with Gasteiger partial charge in [-0.2, -0.15) is 0 Å². The Morgan fingerprint density at radius 1 is 1.04 bits per heavy atom. The van der Waals surface area contributed by atoms with Gasteiger partial charge in [-0.3, -0.25) is 4.72 Å². The van der Waals surface area contributed by atoms with Gasteiger partial charge in [0.05, 0.1) is 14.2 Å². The number of ether oxygens (including phenoxy) is 2. The van der Waals surface area contributed by atoms with Gasteiger partial charge in [-0.25, -0.2) is 8.42 Å². The molecule has 1 atom stereocenters. The molecule has 0 amide bonds. The minimum absolute atomic E-state index is 0.0665. The van der Waals surface area contributed by atoms with Crippen LogP contribution in [0.15, 0.2) is 47.4 Å². The van der Waals surface area contributed by atoms with Crippen molar-refractivity contribution >= 4 is 15.7 Å². The van der Waals surface area contributed by atoms with Crippen LogP contribution in [0, 0.1) is 0 Å². The topological polar surface area (TPSA) is 64.6 Å². The molecule has 130 valence electrons. The van der Waals surface area contributed by atoms with E-state index in [0.717, 1.165) is 6.42 Å². The minimum Gasteiger partial charge on any atom is -0.497 e. The molecule has 0 aliphatic heterocycles. The molecule has 24 heavy (non-hydrogen) atoms. The molecule has 0 bridgehead atoms. The van der Waals surface area contributed by atoms with Crippen LogP contribution in [-0.2, 0) is 10.0 Å². The summed E-state index contributed by atoms with van der Waals surface area (Å²) >= 11 is 0. The highest BCUT2D eigenvalue weighted by atomic mass is 32.2. The standard InChI is InChI=1S/C18H23NO4S/c1-5-13(2)14-6-8-15(9-7-14)19-24(20,21)18-11-10-16(22-3)12-17(18)23-4/h6-13,19H,5H2,1-4H3. The Kier molecular flexibility index (Phi) is 5.72. The van der Waals surface area contributed by atoms with E-state index in [1.54, 1.807) is 24.3 Å². The highest BCUT2D eigenvalue weighted by Gasteiger charge is 2.20. The SMILES string of the molecule is CCC(C)c1ccc(NS(=O)(=O)c2ccc(OC)cc2OC)cc1. The Labute approximate surface area is 143 Å². The number of nitrogens with one attached hydrogen (secondary N) is 1. The molecule has 5 nitrogen and oxygen atoms in total. The third-order valence-corrected chi connectivity index (χ3v) is 5.43. The Morgan fingerprint density at radius 3 is 2.25 bits per heavy atom. The predicted molar refractivity (Wildman–Crippen MR) is 95.5 cm³/mol. The van der Waals surface area contributed by atoms with E-state index in [9.17, 15) is 8.42 Å². The molecule has 0 fully saturated rings. The molecule has 0 radical (unpaired) electrons. The van der Waals surface area contributed by atoms with Crippen LogP contribution in [-0.4, -0.2) is 22.6 Å². The van der Waals surface area contributed by atoms with Crippen molar-refractivity contribution in [1.82, 2.24) is 0 Å². The zero-order chi connectivity index (χ0) is 17.7. The lowest BCUT2D eigenvalue weighted by Gasteiger charge is -2.14. The largest absolute Gasteiger partial charge is 0.497 e. The van der Waals surface area contributed by atoms with Gasteiger partial charge in [0.1, 0.15) is 16.4 Å². The second-order valence-electron chi connectivity index (χ2n) is 5.55. The summed E-state index contributed by atoms with van der Waals surface area (Å²) in [6.07, 6.45) is 1.04. The molecule has 1 N–H and O–H groups in total. The number of rotatable bonds is 7. The normalized spacial score (nSPS) is 12.5. The summed E-state index contributed by atoms with van der Waals surface area (Å²) in [5.41, 5.74) is 1.70. The molecule has 0 aromatic heterocycles. The van der Waals surface area contributed by atoms with Gasteiger partial charge in [-0.15, -0.1) is 0 Å². The molecule has 1 unspecified atom stereocenters. The third-order valence-electron chi connectivity index (χ3n) is 4.00. The molecule has 2 aromatic rings. The number of methoxy groups -OCH3 is 2. The van der Waals surface area contributed by atoms with Gasteiger partial charge in [0, 0.05) is 11.8 Å². The van der Waals surface area contributed by atoms with Crippen molar-refractivity contribution in [2.24, 2.45) is 0 Å². The Bertz CT molecular complexity index is 785. The summed E-state index contributed by atoms with van der Waals surface area (Å²) in [6.45, 7) is 4.26. The van der Waals surface area contributed by atoms with Crippen LogP contribution in [0.2, 0.25) is 0 Å². The van der Waals surface area contributed by atoms with Crippen LogP contribution in [0.3, 0.4) is 0 Å². The van der Waals surface area contributed by atoms with Gasteiger partial charge >= 0.3 is 0 Å². The first-order chi connectivity index (χ1) is 11.4. The minimum atomic E-state index is -3.75. The lowest BCUT2D eigenvalue weighted by atomic mass is 9.99. The van der Waals surface area contributed by atoms with Crippen LogP contribution < -0.4 is 14.2 Å². The Morgan fingerprint density at radius 2 is 1.71 bits per heavy atom. The van der Waals surface area contributed by atoms with Crippen LogP contribution in [0.25, 0.3) is 0 Å². The van der Waals surface area contributed by atoms with Crippen molar-refractivity contribution in [1.29, 1.82) is 0 Å². The van der Waals surface area contributed by atoms with Crippen molar-refractivity contribution in [2.75, 3.05) is 18.9 Å². The van der Waals surface area contributed by atoms with Crippen LogP contribution >= 0.6 is 0 Å². The van der Waals surface area contributed by atoms with Gasteiger partial charge < -0.3 is 9.47 Å². The van der Waals surface area contributed by atoms with E-state index in [4.69, 9.17) is 9.47 Å². The zero-order valence-corrected chi connectivity index (χ0v) is 15.2. The molecule has 0 saturated heterocycles. The number of hydrogen-bond acceptors (Lipinski definition) is 4. The van der Waals surface area contributed by atoms with Crippen molar-refractivity contribution in [3.63, 3.8) is 0 Å². The molecule has 6 heteroatoms. The summed E-state index contributed by atoms with van der Waals surface area (Å²) in [4.78, 5) is 0.0665. The van der Waals surface area contributed by atoms with E-state index in [-0.39, 0.29) is 10.6 Å². The van der Waals surface area contributed by atoms with Crippen LogP contribution in [0.5, 0.6) is 11.5 Å². The first kappa shape index (κ1) is 18.1. The van der Waals surface area contributed by atoms with Crippen LogP contribution in [0.4, 0.5) is 5.69 Å². The lowest BCUT2D eigenvalue weighted by Crippen LogP contribution is -2.14. The van der Waals surface area contributed by atoms with E-state index in [2.05, 4.69) is 18.6 Å². The molecule has 0 aliphatic rings. The number of sulfonamides is 1. The van der Waals surface area contributed by atoms with Crippen LogP contribution in [0.1, 0.15) is 31.7 Å². The second kappa shape index (κ2) is 7.57. The van der Waals surface area contributed by atoms with E-state index in [1.165, 1.54) is 25.8 Å². The fraction of sp³-hybridized carbons (Fsp3) is 0.333. The van der Waals surface area contributed by atoms with Crippen molar-refractivity contribution < 1.29 is 17.9 Å². The summed E-state index contributed by atoms with van der Waals surface area (Å²) in [6, 6.07) is 12.0. The van der Waals surface area contributed by atoms with E-state index in [1.807, 2.05) is 12.1 Å².